The van der Waals surface area contributed by atoms with Crippen LogP contribution in [0, 0.1) is 0 Å². The summed E-state index contributed by atoms with van der Waals surface area (Å²) in [7, 11) is -3.66. The predicted molar refractivity (Wildman–Crippen MR) is 113 cm³/mol. The molecule has 6 nitrogen and oxygen atoms in total. The molecular formula is C22H28N2O4S. The van der Waals surface area contributed by atoms with E-state index in [1.54, 1.807) is 41.3 Å². The Morgan fingerprint density at radius 3 is 2.21 bits per heavy atom. The van der Waals surface area contributed by atoms with E-state index in [-0.39, 0.29) is 23.3 Å². The number of aliphatic hydroxyl groups is 1. The van der Waals surface area contributed by atoms with E-state index in [1.165, 1.54) is 0 Å². The van der Waals surface area contributed by atoms with Gasteiger partial charge in [0, 0.05) is 18.8 Å². The summed E-state index contributed by atoms with van der Waals surface area (Å²) in [5, 5.41) is 9.55. The largest absolute Gasteiger partial charge is 0.393 e. The molecule has 0 radical (unpaired) electrons. The Bertz CT molecular complexity index is 930. The van der Waals surface area contributed by atoms with Crippen molar-refractivity contribution in [2.45, 2.75) is 50.0 Å². The second kappa shape index (κ2) is 8.97. The van der Waals surface area contributed by atoms with E-state index in [0.717, 1.165) is 11.1 Å². The minimum Gasteiger partial charge on any atom is -0.393 e. The molecule has 2 aromatic rings. The SMILES string of the molecule is CC(C)c1ccc(S(=O)(=O)Nc2ccc(CC(=O)N3CCC(O)CC3)cc2)cc1. The number of anilines is 1. The number of nitrogens with zero attached hydrogens (tertiary/aromatic N) is 1. The Morgan fingerprint density at radius 2 is 1.66 bits per heavy atom. The Balaban J connectivity index is 1.61. The quantitative estimate of drug-likeness (QED) is 0.757. The average molecular weight is 417 g/mol. The van der Waals surface area contributed by atoms with E-state index in [9.17, 15) is 18.3 Å². The van der Waals surface area contributed by atoms with Crippen molar-refractivity contribution in [3.8, 4) is 0 Å². The van der Waals surface area contributed by atoms with Crippen molar-refractivity contribution in [2.24, 2.45) is 0 Å². The molecule has 7 heteroatoms. The predicted octanol–water partition coefficient (Wildman–Crippen LogP) is 3.14. The first-order valence-corrected chi connectivity index (χ1v) is 11.4. The minimum atomic E-state index is -3.66. The van der Waals surface area contributed by atoms with Crippen LogP contribution in [0.5, 0.6) is 0 Å². The third-order valence-electron chi connectivity index (χ3n) is 5.24. The van der Waals surface area contributed by atoms with Gasteiger partial charge in [0.15, 0.2) is 0 Å². The molecule has 2 N–H and O–H groups in total. The minimum absolute atomic E-state index is 0.0236. The molecule has 1 heterocycles. The molecule has 1 aliphatic rings. The van der Waals surface area contributed by atoms with Crippen molar-refractivity contribution < 1.29 is 18.3 Å². The summed E-state index contributed by atoms with van der Waals surface area (Å²) in [5.41, 5.74) is 2.36. The van der Waals surface area contributed by atoms with E-state index in [4.69, 9.17) is 0 Å². The van der Waals surface area contributed by atoms with Crippen LogP contribution >= 0.6 is 0 Å². The van der Waals surface area contributed by atoms with Gasteiger partial charge in [-0.25, -0.2) is 8.42 Å². The van der Waals surface area contributed by atoms with E-state index in [0.29, 0.717) is 37.5 Å². The van der Waals surface area contributed by atoms with Gasteiger partial charge in [-0.05, 0) is 54.2 Å². The maximum atomic E-state index is 12.6. The highest BCUT2D eigenvalue weighted by molar-refractivity contribution is 7.92. The Labute approximate surface area is 172 Å². The first-order valence-electron chi connectivity index (χ1n) is 9.92. The van der Waals surface area contributed by atoms with E-state index in [1.807, 2.05) is 12.1 Å². The first kappa shape index (κ1) is 21.3. The number of hydrogen-bond acceptors (Lipinski definition) is 4. The molecule has 0 saturated carbocycles. The fourth-order valence-electron chi connectivity index (χ4n) is 3.34. The topological polar surface area (TPSA) is 86.7 Å². The van der Waals surface area contributed by atoms with Crippen LogP contribution in [0.3, 0.4) is 0 Å². The molecule has 1 fully saturated rings. The summed E-state index contributed by atoms with van der Waals surface area (Å²) in [4.78, 5) is 14.4. The zero-order valence-electron chi connectivity index (χ0n) is 16.8. The highest BCUT2D eigenvalue weighted by Gasteiger charge is 2.21. The summed E-state index contributed by atoms with van der Waals surface area (Å²) in [6.45, 7) is 5.27. The number of likely N-dealkylation sites (tertiary alicyclic amines) is 1. The number of amides is 1. The van der Waals surface area contributed by atoms with Crippen molar-refractivity contribution in [3.63, 3.8) is 0 Å². The summed E-state index contributed by atoms with van der Waals surface area (Å²) < 4.78 is 27.8. The lowest BCUT2D eigenvalue weighted by atomic mass is 10.0. The third kappa shape index (κ3) is 5.58. The smallest absolute Gasteiger partial charge is 0.261 e. The second-order valence-electron chi connectivity index (χ2n) is 7.81. The molecule has 2 aromatic carbocycles. The van der Waals surface area contributed by atoms with Crippen LogP contribution in [0.2, 0.25) is 0 Å². The summed E-state index contributed by atoms with van der Waals surface area (Å²) in [6, 6.07) is 13.7. The van der Waals surface area contributed by atoms with Gasteiger partial charge in [-0.3, -0.25) is 9.52 Å². The van der Waals surface area contributed by atoms with Crippen molar-refractivity contribution in [3.05, 3.63) is 59.7 Å². The number of piperidine rings is 1. The van der Waals surface area contributed by atoms with Crippen LogP contribution in [0.25, 0.3) is 0 Å². The molecule has 0 aromatic heterocycles. The molecule has 156 valence electrons. The van der Waals surface area contributed by atoms with Crippen LogP contribution in [0.15, 0.2) is 53.4 Å². The Kier molecular flexibility index (Phi) is 6.59. The van der Waals surface area contributed by atoms with Gasteiger partial charge in [-0.1, -0.05) is 38.1 Å². The summed E-state index contributed by atoms with van der Waals surface area (Å²) in [5.74, 6) is 0.362. The lowest BCUT2D eigenvalue weighted by molar-refractivity contribution is -0.132. The fourth-order valence-corrected chi connectivity index (χ4v) is 4.40. The summed E-state index contributed by atoms with van der Waals surface area (Å²) >= 11 is 0. The summed E-state index contributed by atoms with van der Waals surface area (Å²) in [6.07, 6.45) is 1.18. The van der Waals surface area contributed by atoms with Crippen molar-refractivity contribution in [2.75, 3.05) is 17.8 Å². The molecule has 29 heavy (non-hydrogen) atoms. The fraction of sp³-hybridized carbons (Fsp3) is 0.409. The Hall–Kier alpha value is -2.38. The zero-order valence-corrected chi connectivity index (χ0v) is 17.7. The number of rotatable bonds is 6. The van der Waals surface area contributed by atoms with Gasteiger partial charge in [0.25, 0.3) is 10.0 Å². The number of hydrogen-bond donors (Lipinski definition) is 2. The maximum absolute atomic E-state index is 12.6. The van der Waals surface area contributed by atoms with Crippen molar-refractivity contribution in [1.82, 2.24) is 4.90 Å². The highest BCUT2D eigenvalue weighted by Crippen LogP contribution is 2.20. The first-order chi connectivity index (χ1) is 13.7. The number of sulfonamides is 1. The van der Waals surface area contributed by atoms with E-state index >= 15 is 0 Å². The standard InChI is InChI=1S/C22H28N2O4S/c1-16(2)18-5-9-21(10-6-18)29(27,28)23-19-7-3-17(4-8-19)15-22(26)24-13-11-20(25)12-14-24/h3-10,16,20,23,25H,11-15H2,1-2H3. The molecule has 1 saturated heterocycles. The number of carbonyl (C=O) groups is 1. The zero-order chi connectivity index (χ0) is 21.0. The van der Waals surface area contributed by atoms with Crippen LogP contribution in [-0.2, 0) is 21.2 Å². The molecule has 0 spiro atoms. The third-order valence-corrected chi connectivity index (χ3v) is 6.63. The second-order valence-corrected chi connectivity index (χ2v) is 9.50. The number of carbonyl (C=O) groups excluding carboxylic acids is 1. The highest BCUT2D eigenvalue weighted by atomic mass is 32.2. The number of nitrogens with one attached hydrogen (secondary N) is 1. The van der Waals surface area contributed by atoms with E-state index < -0.39 is 10.0 Å². The number of aliphatic hydroxyl groups excluding tert-OH is 1. The van der Waals surface area contributed by atoms with Gasteiger partial charge in [0.1, 0.15) is 0 Å². The lowest BCUT2D eigenvalue weighted by Gasteiger charge is -2.29. The van der Waals surface area contributed by atoms with Gasteiger partial charge in [-0.2, -0.15) is 0 Å². The lowest BCUT2D eigenvalue weighted by Crippen LogP contribution is -2.40. The monoisotopic (exact) mass is 416 g/mol. The maximum Gasteiger partial charge on any atom is 0.261 e. The molecular weight excluding hydrogens is 388 g/mol. The van der Waals surface area contributed by atoms with Crippen LogP contribution < -0.4 is 4.72 Å². The molecule has 0 aliphatic carbocycles. The molecule has 0 atom stereocenters. The molecule has 1 amide bonds. The van der Waals surface area contributed by atoms with Gasteiger partial charge >= 0.3 is 0 Å². The molecule has 0 unspecified atom stereocenters. The van der Waals surface area contributed by atoms with Crippen LogP contribution in [0.4, 0.5) is 5.69 Å². The van der Waals surface area contributed by atoms with Crippen molar-refractivity contribution in [1.29, 1.82) is 0 Å². The van der Waals surface area contributed by atoms with Gasteiger partial charge in [0.2, 0.25) is 5.91 Å². The molecule has 3 rings (SSSR count). The van der Waals surface area contributed by atoms with Gasteiger partial charge < -0.3 is 10.0 Å². The Morgan fingerprint density at radius 1 is 1.07 bits per heavy atom. The van der Waals surface area contributed by atoms with Gasteiger partial charge in [0.05, 0.1) is 17.4 Å². The van der Waals surface area contributed by atoms with Crippen LogP contribution in [0.1, 0.15) is 43.7 Å². The van der Waals surface area contributed by atoms with Crippen LogP contribution in [-0.4, -0.2) is 43.5 Å². The number of benzene rings is 2. The normalized spacial score (nSPS) is 15.5. The average Bonchev–Trinajstić information content (AvgIpc) is 2.70. The molecule has 1 aliphatic heterocycles. The molecule has 0 bridgehead atoms. The van der Waals surface area contributed by atoms with Crippen molar-refractivity contribution >= 4 is 21.6 Å². The van der Waals surface area contributed by atoms with Gasteiger partial charge in [-0.15, -0.1) is 0 Å². The van der Waals surface area contributed by atoms with E-state index in [2.05, 4.69) is 18.6 Å².